The summed E-state index contributed by atoms with van der Waals surface area (Å²) in [4.78, 5) is 4.48. The first-order valence-corrected chi connectivity index (χ1v) is 7.69. The minimum Gasteiger partial charge on any atom is -0.314 e. The monoisotopic (exact) mass is 319 g/mol. The van der Waals surface area contributed by atoms with Crippen molar-refractivity contribution in [2.75, 3.05) is 7.05 Å². The fraction of sp³-hybridized carbons (Fsp3) is 0.176. The van der Waals surface area contributed by atoms with Crippen molar-refractivity contribution in [3.05, 3.63) is 54.6 Å². The summed E-state index contributed by atoms with van der Waals surface area (Å²) in [5, 5.41) is 15.7. The van der Waals surface area contributed by atoms with Crippen LogP contribution in [0.1, 0.15) is 5.69 Å². The standard InChI is InChI=1S/C17H17N7/c1-18-9-14-11-24(22-21-14)15-5-3-4-12(6-15)13-7-17-16(19-8-13)10-20-23(17)2/h3-8,10-11,18H,9H2,1-2H3. The maximum Gasteiger partial charge on any atom is 0.108 e. The molecule has 0 radical (unpaired) electrons. The van der Waals surface area contributed by atoms with Gasteiger partial charge in [-0.3, -0.25) is 9.67 Å². The highest BCUT2D eigenvalue weighted by Gasteiger charge is 2.07. The molecule has 7 nitrogen and oxygen atoms in total. The maximum atomic E-state index is 4.48. The summed E-state index contributed by atoms with van der Waals surface area (Å²) in [7, 11) is 3.81. The van der Waals surface area contributed by atoms with Crippen LogP contribution in [0.5, 0.6) is 0 Å². The number of hydrogen-bond acceptors (Lipinski definition) is 5. The molecule has 7 heteroatoms. The number of rotatable bonds is 4. The Hall–Kier alpha value is -3.06. The molecule has 0 saturated carbocycles. The van der Waals surface area contributed by atoms with Crippen LogP contribution in [0.3, 0.4) is 0 Å². The van der Waals surface area contributed by atoms with Crippen molar-refractivity contribution < 1.29 is 0 Å². The maximum absolute atomic E-state index is 4.48. The normalized spacial score (nSPS) is 11.2. The summed E-state index contributed by atoms with van der Waals surface area (Å²) < 4.78 is 3.61. The van der Waals surface area contributed by atoms with E-state index < -0.39 is 0 Å². The fourth-order valence-electron chi connectivity index (χ4n) is 2.70. The second-order valence-corrected chi connectivity index (χ2v) is 5.63. The van der Waals surface area contributed by atoms with Crippen molar-refractivity contribution >= 4 is 11.0 Å². The van der Waals surface area contributed by atoms with Crippen LogP contribution in [0.25, 0.3) is 27.8 Å². The third-order valence-electron chi connectivity index (χ3n) is 3.94. The van der Waals surface area contributed by atoms with Crippen molar-refractivity contribution in [2.24, 2.45) is 7.05 Å². The molecule has 1 aromatic carbocycles. The van der Waals surface area contributed by atoms with Crippen LogP contribution >= 0.6 is 0 Å². The SMILES string of the molecule is CNCc1cn(-c2cccc(-c3cnc4cnn(C)c4c3)c2)nn1. The molecule has 0 aliphatic carbocycles. The Morgan fingerprint density at radius 1 is 1.12 bits per heavy atom. The van der Waals surface area contributed by atoms with E-state index in [1.54, 1.807) is 10.9 Å². The quantitative estimate of drug-likeness (QED) is 0.622. The van der Waals surface area contributed by atoms with Gasteiger partial charge in [0.1, 0.15) is 5.52 Å². The highest BCUT2D eigenvalue weighted by atomic mass is 15.4. The third kappa shape index (κ3) is 2.55. The molecule has 0 saturated heterocycles. The zero-order chi connectivity index (χ0) is 16.5. The number of benzene rings is 1. The molecular weight excluding hydrogens is 302 g/mol. The van der Waals surface area contributed by atoms with Gasteiger partial charge in [-0.1, -0.05) is 17.3 Å². The lowest BCUT2D eigenvalue weighted by Crippen LogP contribution is -2.04. The van der Waals surface area contributed by atoms with E-state index in [-0.39, 0.29) is 0 Å². The fourth-order valence-corrected chi connectivity index (χ4v) is 2.70. The van der Waals surface area contributed by atoms with E-state index in [1.165, 1.54) is 0 Å². The number of nitrogens with zero attached hydrogens (tertiary/aromatic N) is 6. The minimum absolute atomic E-state index is 0.695. The van der Waals surface area contributed by atoms with E-state index >= 15 is 0 Å². The molecule has 1 N–H and O–H groups in total. The zero-order valence-corrected chi connectivity index (χ0v) is 13.5. The Labute approximate surface area is 138 Å². The highest BCUT2D eigenvalue weighted by Crippen LogP contribution is 2.24. The van der Waals surface area contributed by atoms with Gasteiger partial charge >= 0.3 is 0 Å². The van der Waals surface area contributed by atoms with Crippen molar-refractivity contribution in [3.63, 3.8) is 0 Å². The Balaban J connectivity index is 1.73. The summed E-state index contributed by atoms with van der Waals surface area (Å²) in [6.07, 6.45) is 5.57. The molecule has 4 rings (SSSR count). The number of fused-ring (bicyclic) bond motifs is 1. The number of hydrogen-bond donors (Lipinski definition) is 1. The van der Waals surface area contributed by atoms with Crippen molar-refractivity contribution in [1.29, 1.82) is 0 Å². The van der Waals surface area contributed by atoms with Crippen LogP contribution in [0.2, 0.25) is 0 Å². The number of aromatic nitrogens is 6. The topological polar surface area (TPSA) is 73.5 Å². The second kappa shape index (κ2) is 5.86. The first kappa shape index (κ1) is 14.5. The second-order valence-electron chi connectivity index (χ2n) is 5.63. The van der Waals surface area contributed by atoms with Crippen LogP contribution in [-0.2, 0) is 13.6 Å². The Morgan fingerprint density at radius 3 is 2.92 bits per heavy atom. The van der Waals surface area contributed by atoms with Crippen LogP contribution in [0, 0.1) is 0 Å². The molecule has 4 aromatic rings. The van der Waals surface area contributed by atoms with E-state index in [1.807, 2.05) is 43.3 Å². The van der Waals surface area contributed by atoms with Gasteiger partial charge in [0.2, 0.25) is 0 Å². The van der Waals surface area contributed by atoms with Gasteiger partial charge in [0, 0.05) is 25.4 Å². The van der Waals surface area contributed by atoms with Gasteiger partial charge in [0.15, 0.2) is 0 Å². The van der Waals surface area contributed by atoms with Crippen LogP contribution in [-0.4, -0.2) is 36.8 Å². The molecule has 0 aliphatic heterocycles. The largest absolute Gasteiger partial charge is 0.314 e. The van der Waals surface area contributed by atoms with Gasteiger partial charge in [-0.05, 0) is 30.8 Å². The van der Waals surface area contributed by atoms with Gasteiger partial charge in [-0.15, -0.1) is 5.10 Å². The molecule has 0 atom stereocenters. The van der Waals surface area contributed by atoms with Crippen molar-refractivity contribution in [1.82, 2.24) is 35.1 Å². The van der Waals surface area contributed by atoms with E-state index in [0.29, 0.717) is 6.54 Å². The molecule has 0 unspecified atom stereocenters. The van der Waals surface area contributed by atoms with Gasteiger partial charge in [0.05, 0.1) is 29.3 Å². The number of pyridine rings is 1. The molecule has 0 spiro atoms. The lowest BCUT2D eigenvalue weighted by molar-refractivity contribution is 0.767. The Bertz CT molecular complexity index is 999. The molecular formula is C17H17N7. The summed E-state index contributed by atoms with van der Waals surface area (Å²) in [6, 6.07) is 10.3. The van der Waals surface area contributed by atoms with Crippen LogP contribution < -0.4 is 5.32 Å². The van der Waals surface area contributed by atoms with Crippen LogP contribution in [0.4, 0.5) is 0 Å². The molecule has 3 aromatic heterocycles. The van der Waals surface area contributed by atoms with Crippen molar-refractivity contribution in [2.45, 2.75) is 6.54 Å². The highest BCUT2D eigenvalue weighted by molar-refractivity contribution is 5.80. The van der Waals surface area contributed by atoms with Crippen molar-refractivity contribution in [3.8, 4) is 16.8 Å². The third-order valence-corrected chi connectivity index (χ3v) is 3.94. The molecule has 120 valence electrons. The Kier molecular flexibility index (Phi) is 3.55. The summed E-state index contributed by atoms with van der Waals surface area (Å²) in [6.45, 7) is 0.695. The molecule has 0 fully saturated rings. The van der Waals surface area contributed by atoms with E-state index in [0.717, 1.165) is 33.5 Å². The van der Waals surface area contributed by atoms with E-state index in [2.05, 4.69) is 43.9 Å². The van der Waals surface area contributed by atoms with E-state index in [4.69, 9.17) is 0 Å². The van der Waals surface area contributed by atoms with Gasteiger partial charge in [-0.2, -0.15) is 5.10 Å². The number of nitrogens with one attached hydrogen (secondary N) is 1. The first-order valence-electron chi connectivity index (χ1n) is 7.69. The minimum atomic E-state index is 0.695. The van der Waals surface area contributed by atoms with Gasteiger partial charge < -0.3 is 5.32 Å². The number of aryl methyl sites for hydroxylation is 1. The average Bonchev–Trinajstić information content (AvgIpc) is 3.23. The summed E-state index contributed by atoms with van der Waals surface area (Å²) >= 11 is 0. The molecule has 0 amide bonds. The first-order chi connectivity index (χ1) is 11.7. The van der Waals surface area contributed by atoms with Crippen LogP contribution in [0.15, 0.2) is 48.9 Å². The molecule has 24 heavy (non-hydrogen) atoms. The van der Waals surface area contributed by atoms with Gasteiger partial charge in [0.25, 0.3) is 0 Å². The molecule has 0 bridgehead atoms. The Morgan fingerprint density at radius 2 is 2.04 bits per heavy atom. The predicted molar refractivity (Wildman–Crippen MR) is 91.6 cm³/mol. The summed E-state index contributed by atoms with van der Waals surface area (Å²) in [5.41, 5.74) is 5.89. The lowest BCUT2D eigenvalue weighted by atomic mass is 10.1. The van der Waals surface area contributed by atoms with E-state index in [9.17, 15) is 0 Å². The average molecular weight is 319 g/mol. The molecule has 3 heterocycles. The smallest absolute Gasteiger partial charge is 0.108 e. The zero-order valence-electron chi connectivity index (χ0n) is 13.5. The van der Waals surface area contributed by atoms with Gasteiger partial charge in [-0.25, -0.2) is 4.68 Å². The lowest BCUT2D eigenvalue weighted by Gasteiger charge is -2.05. The molecule has 0 aliphatic rings. The predicted octanol–water partition coefficient (Wildman–Crippen LogP) is 1.94. The summed E-state index contributed by atoms with van der Waals surface area (Å²) in [5.74, 6) is 0.